The van der Waals surface area contributed by atoms with E-state index >= 15 is 0 Å². The minimum Gasteiger partial charge on any atom is -0.367 e. The molecule has 204 valence electrons. The van der Waals surface area contributed by atoms with Crippen LogP contribution < -0.4 is 10.5 Å². The van der Waals surface area contributed by atoms with Crippen LogP contribution in [0.4, 0.5) is 14.5 Å². The summed E-state index contributed by atoms with van der Waals surface area (Å²) in [5.74, 6) is -0.0655. The largest absolute Gasteiger partial charge is 0.367 e. The number of hydrogen-bond acceptors (Lipinski definition) is 6. The fourth-order valence-corrected chi connectivity index (χ4v) is 5.41. The first kappa shape index (κ1) is 25.8. The number of aryl methyl sites for hydroxylation is 2. The number of aromatic nitrogens is 5. The number of nitrogens with zero attached hydrogens (tertiary/aromatic N) is 6. The molecule has 1 aliphatic heterocycles. The SMILES string of the molecule is Cc1cc2cc([C@H](c3nnnn3Cc3ccc(F)cc3)N3CCN(c4ccccc4F)CC3)c(=O)[nH]c2cc1C. The van der Waals surface area contributed by atoms with Crippen molar-refractivity contribution in [2.75, 3.05) is 31.1 Å². The van der Waals surface area contributed by atoms with Crippen LogP contribution in [0.15, 0.2) is 71.5 Å². The molecule has 8 nitrogen and oxygen atoms in total. The highest BCUT2D eigenvalue weighted by Crippen LogP contribution is 2.30. The minimum atomic E-state index is -0.548. The maximum Gasteiger partial charge on any atom is 0.253 e. The number of H-pyrrole nitrogens is 1. The Morgan fingerprint density at radius 1 is 0.925 bits per heavy atom. The van der Waals surface area contributed by atoms with E-state index in [0.717, 1.165) is 27.6 Å². The summed E-state index contributed by atoms with van der Waals surface area (Å²) in [6.45, 7) is 6.64. The van der Waals surface area contributed by atoms with E-state index in [9.17, 15) is 13.6 Å². The number of nitrogens with one attached hydrogen (secondary N) is 1. The van der Waals surface area contributed by atoms with Crippen LogP contribution in [0.25, 0.3) is 10.9 Å². The maximum atomic E-state index is 14.5. The normalized spacial score (nSPS) is 15.1. The van der Waals surface area contributed by atoms with E-state index in [1.807, 2.05) is 36.9 Å². The van der Waals surface area contributed by atoms with Gasteiger partial charge in [0.25, 0.3) is 5.56 Å². The third kappa shape index (κ3) is 4.98. The molecule has 1 saturated heterocycles. The molecular formula is C30H29F2N7O. The van der Waals surface area contributed by atoms with Crippen molar-refractivity contribution in [3.8, 4) is 0 Å². The van der Waals surface area contributed by atoms with Gasteiger partial charge in [-0.2, -0.15) is 0 Å². The number of fused-ring (bicyclic) bond motifs is 1. The molecule has 1 fully saturated rings. The van der Waals surface area contributed by atoms with Crippen LogP contribution in [0.1, 0.15) is 34.1 Å². The Hall–Kier alpha value is -4.44. The van der Waals surface area contributed by atoms with Gasteiger partial charge in [0.2, 0.25) is 0 Å². The van der Waals surface area contributed by atoms with E-state index in [0.29, 0.717) is 49.8 Å². The number of tetrazole rings is 1. The molecule has 0 spiro atoms. The van der Waals surface area contributed by atoms with Gasteiger partial charge in [0.15, 0.2) is 5.82 Å². The molecular weight excluding hydrogens is 512 g/mol. The zero-order valence-corrected chi connectivity index (χ0v) is 22.3. The summed E-state index contributed by atoms with van der Waals surface area (Å²) in [7, 11) is 0. The molecule has 0 amide bonds. The highest BCUT2D eigenvalue weighted by Gasteiger charge is 2.33. The van der Waals surface area contributed by atoms with E-state index in [4.69, 9.17) is 0 Å². The summed E-state index contributed by atoms with van der Waals surface area (Å²) in [6.07, 6.45) is 0. The quantitative estimate of drug-likeness (QED) is 0.344. The van der Waals surface area contributed by atoms with Crippen LogP contribution in [-0.4, -0.2) is 56.3 Å². The molecule has 0 radical (unpaired) electrons. The van der Waals surface area contributed by atoms with Crippen molar-refractivity contribution in [3.05, 3.63) is 117 Å². The van der Waals surface area contributed by atoms with Crippen LogP contribution in [0.5, 0.6) is 0 Å². The molecule has 0 unspecified atom stereocenters. The van der Waals surface area contributed by atoms with Crippen molar-refractivity contribution in [1.29, 1.82) is 0 Å². The summed E-state index contributed by atoms with van der Waals surface area (Å²) in [4.78, 5) is 20.8. The van der Waals surface area contributed by atoms with E-state index in [2.05, 4.69) is 31.5 Å². The molecule has 6 rings (SSSR count). The highest BCUT2D eigenvalue weighted by molar-refractivity contribution is 5.81. The van der Waals surface area contributed by atoms with Gasteiger partial charge in [-0.1, -0.05) is 24.3 Å². The predicted octanol–water partition coefficient (Wildman–Crippen LogP) is 4.37. The standard InChI is InChI=1S/C30H29F2N7O/c1-19-15-22-17-24(30(40)33-26(22)16-20(19)2)28(29-34-35-36-39(29)18-21-7-9-23(31)10-8-21)38-13-11-37(12-14-38)27-6-4-3-5-25(27)32/h3-10,15-17,28H,11-14,18H2,1-2H3,(H,33,40)/t28-/m1/s1. The average molecular weight is 542 g/mol. The van der Waals surface area contributed by atoms with Crippen molar-refractivity contribution < 1.29 is 8.78 Å². The van der Waals surface area contributed by atoms with Gasteiger partial charge in [-0.15, -0.1) is 5.10 Å². The Bertz CT molecular complexity index is 1720. The fourth-order valence-electron chi connectivity index (χ4n) is 5.41. The Balaban J connectivity index is 1.40. The van der Waals surface area contributed by atoms with Gasteiger partial charge in [-0.05, 0) is 88.8 Å². The number of piperazine rings is 1. The summed E-state index contributed by atoms with van der Waals surface area (Å²) in [5, 5.41) is 13.5. The first-order valence-corrected chi connectivity index (χ1v) is 13.3. The van der Waals surface area contributed by atoms with Gasteiger partial charge in [0, 0.05) is 37.3 Å². The molecule has 1 N–H and O–H groups in total. The Kier molecular flexibility index (Phi) is 6.85. The third-order valence-corrected chi connectivity index (χ3v) is 7.70. The molecule has 1 atom stereocenters. The number of rotatable bonds is 6. The van der Waals surface area contributed by atoms with Crippen molar-refractivity contribution in [2.45, 2.75) is 26.4 Å². The Morgan fingerprint density at radius 2 is 1.65 bits per heavy atom. The van der Waals surface area contributed by atoms with Crippen molar-refractivity contribution in [1.82, 2.24) is 30.1 Å². The molecule has 2 aromatic heterocycles. The molecule has 0 bridgehead atoms. The van der Waals surface area contributed by atoms with Crippen LogP contribution >= 0.6 is 0 Å². The minimum absolute atomic E-state index is 0.214. The maximum absolute atomic E-state index is 14.5. The zero-order chi connectivity index (χ0) is 27.8. The van der Waals surface area contributed by atoms with Gasteiger partial charge in [0.1, 0.15) is 17.7 Å². The number of para-hydroxylation sites is 1. The molecule has 5 aromatic rings. The molecule has 3 heterocycles. The smallest absolute Gasteiger partial charge is 0.253 e. The predicted molar refractivity (Wildman–Crippen MR) is 149 cm³/mol. The Morgan fingerprint density at radius 3 is 2.40 bits per heavy atom. The van der Waals surface area contributed by atoms with Gasteiger partial charge in [-0.25, -0.2) is 13.5 Å². The van der Waals surface area contributed by atoms with Gasteiger partial charge < -0.3 is 9.88 Å². The first-order valence-electron chi connectivity index (χ1n) is 13.3. The Labute approximate surface area is 229 Å². The van der Waals surface area contributed by atoms with E-state index < -0.39 is 6.04 Å². The van der Waals surface area contributed by atoms with Gasteiger partial charge in [-0.3, -0.25) is 9.69 Å². The second kappa shape index (κ2) is 10.6. The summed E-state index contributed by atoms with van der Waals surface area (Å²) < 4.78 is 29.7. The van der Waals surface area contributed by atoms with Crippen LogP contribution in [0.3, 0.4) is 0 Å². The van der Waals surface area contributed by atoms with E-state index in [-0.39, 0.29) is 17.2 Å². The van der Waals surface area contributed by atoms with Crippen LogP contribution in [0.2, 0.25) is 0 Å². The molecule has 0 aliphatic carbocycles. The lowest BCUT2D eigenvalue weighted by atomic mass is 10.00. The number of aromatic amines is 1. The summed E-state index contributed by atoms with van der Waals surface area (Å²) >= 11 is 0. The first-order chi connectivity index (χ1) is 19.4. The molecule has 3 aromatic carbocycles. The van der Waals surface area contributed by atoms with E-state index in [1.165, 1.54) is 18.2 Å². The van der Waals surface area contributed by atoms with Gasteiger partial charge >= 0.3 is 0 Å². The lowest BCUT2D eigenvalue weighted by Crippen LogP contribution is -2.49. The number of pyridine rings is 1. The topological polar surface area (TPSA) is 82.9 Å². The molecule has 40 heavy (non-hydrogen) atoms. The molecule has 0 saturated carbocycles. The number of hydrogen-bond donors (Lipinski definition) is 1. The van der Waals surface area contributed by atoms with Crippen LogP contribution in [-0.2, 0) is 6.54 Å². The zero-order valence-electron chi connectivity index (χ0n) is 22.3. The second-order valence-corrected chi connectivity index (χ2v) is 10.3. The lowest BCUT2D eigenvalue weighted by Gasteiger charge is -2.39. The summed E-state index contributed by atoms with van der Waals surface area (Å²) in [6, 6.07) is 18.4. The number of anilines is 1. The van der Waals surface area contributed by atoms with Gasteiger partial charge in [0.05, 0.1) is 12.2 Å². The average Bonchev–Trinajstić information content (AvgIpc) is 3.40. The summed E-state index contributed by atoms with van der Waals surface area (Å²) in [5.41, 5.74) is 4.71. The van der Waals surface area contributed by atoms with E-state index in [1.54, 1.807) is 28.9 Å². The molecule has 1 aliphatic rings. The monoisotopic (exact) mass is 541 g/mol. The van der Waals surface area contributed by atoms with Crippen molar-refractivity contribution >= 4 is 16.6 Å². The molecule has 10 heteroatoms. The van der Waals surface area contributed by atoms with Crippen molar-refractivity contribution in [3.63, 3.8) is 0 Å². The van der Waals surface area contributed by atoms with Crippen molar-refractivity contribution in [2.24, 2.45) is 0 Å². The number of halogens is 2. The second-order valence-electron chi connectivity index (χ2n) is 10.3. The third-order valence-electron chi connectivity index (χ3n) is 7.70. The number of benzene rings is 3. The highest BCUT2D eigenvalue weighted by atomic mass is 19.1. The fraction of sp³-hybridized carbons (Fsp3) is 0.267. The van der Waals surface area contributed by atoms with Crippen LogP contribution in [0, 0.1) is 25.5 Å². The lowest BCUT2D eigenvalue weighted by molar-refractivity contribution is 0.200.